The number of aliphatic carboxylic acids is 2. The van der Waals surface area contributed by atoms with Crippen molar-refractivity contribution in [2.45, 2.75) is 0 Å². The molecule has 0 aliphatic carbocycles. The second kappa shape index (κ2) is 5.13. The highest BCUT2D eigenvalue weighted by atomic mass is 16.4. The summed E-state index contributed by atoms with van der Waals surface area (Å²) in [4.78, 5) is 29.0. The number of hydrogen-bond acceptors (Lipinski definition) is 7. The van der Waals surface area contributed by atoms with Crippen LogP contribution in [0.15, 0.2) is 42.4 Å². The summed E-state index contributed by atoms with van der Waals surface area (Å²) >= 11 is 0. The molecule has 0 radical (unpaired) electrons. The Kier molecular flexibility index (Phi) is 3.37. The monoisotopic (exact) mass is 257 g/mol. The van der Waals surface area contributed by atoms with Crippen molar-refractivity contribution >= 4 is 28.7 Å². The van der Waals surface area contributed by atoms with Gasteiger partial charge in [-0.3, -0.25) is 0 Å². The van der Waals surface area contributed by atoms with Crippen LogP contribution in [0.5, 0.6) is 0 Å². The molecule has 1 aromatic heterocycles. The summed E-state index contributed by atoms with van der Waals surface area (Å²) in [5.74, 6) is -3.40. The van der Waals surface area contributed by atoms with Crippen molar-refractivity contribution in [3.63, 3.8) is 0 Å². The zero-order valence-corrected chi connectivity index (χ0v) is 9.49. The molecule has 2 rings (SSSR count). The van der Waals surface area contributed by atoms with Crippen molar-refractivity contribution in [3.8, 4) is 0 Å². The number of rotatable bonds is 4. The lowest BCUT2D eigenvalue weighted by molar-refractivity contribution is -0.312. The van der Waals surface area contributed by atoms with Gasteiger partial charge in [0, 0.05) is 17.2 Å². The first-order valence-electron chi connectivity index (χ1n) is 5.18. The first kappa shape index (κ1) is 12.5. The molecule has 2 aromatic rings. The van der Waals surface area contributed by atoms with E-state index in [0.29, 0.717) is 10.9 Å². The van der Waals surface area contributed by atoms with Crippen LogP contribution in [0.2, 0.25) is 0 Å². The minimum atomic E-state index is -1.84. The van der Waals surface area contributed by atoms with Crippen molar-refractivity contribution in [2.75, 3.05) is 5.32 Å². The Labute approximate surface area is 107 Å². The second-order valence-corrected chi connectivity index (χ2v) is 3.52. The quantitative estimate of drug-likeness (QED) is 0.399. The molecule has 0 saturated carbocycles. The Bertz CT molecular complexity index is 660. The van der Waals surface area contributed by atoms with Gasteiger partial charge in [0.15, 0.2) is 0 Å². The minimum Gasteiger partial charge on any atom is -0.545 e. The summed E-state index contributed by atoms with van der Waals surface area (Å²) in [6, 6.07) is 6.98. The van der Waals surface area contributed by atoms with Crippen LogP contribution in [0.1, 0.15) is 0 Å². The molecule has 0 aliphatic heterocycles. The molecule has 0 spiro atoms. The van der Waals surface area contributed by atoms with Gasteiger partial charge in [0.2, 0.25) is 0 Å². The van der Waals surface area contributed by atoms with E-state index in [1.54, 1.807) is 24.3 Å². The smallest absolute Gasteiger partial charge is 0.141 e. The molecule has 7 heteroatoms. The topological polar surface area (TPSA) is 118 Å². The van der Waals surface area contributed by atoms with Gasteiger partial charge >= 0.3 is 0 Å². The van der Waals surface area contributed by atoms with Gasteiger partial charge in [-0.1, -0.05) is 12.1 Å². The lowest BCUT2D eigenvalue weighted by Gasteiger charge is -2.10. The highest BCUT2D eigenvalue weighted by Gasteiger charge is 2.03. The van der Waals surface area contributed by atoms with Crippen molar-refractivity contribution in [2.24, 2.45) is 0 Å². The molecule has 1 N–H and O–H groups in total. The Balaban J connectivity index is 2.39. The average Bonchev–Trinajstić information content (AvgIpc) is 2.38. The largest absolute Gasteiger partial charge is 0.545 e. The number of carboxylic acid groups (broad SMARTS) is 2. The first-order chi connectivity index (χ1) is 9.09. The minimum absolute atomic E-state index is 0.283. The summed E-state index contributed by atoms with van der Waals surface area (Å²) in [5, 5.41) is 24.2. The third-order valence-corrected chi connectivity index (χ3v) is 2.34. The fourth-order valence-electron chi connectivity index (χ4n) is 1.46. The number of para-hydroxylation sites is 1. The lowest BCUT2D eigenvalue weighted by atomic mass is 10.2. The number of carbonyl (C=O) groups excluding carboxylic acids is 2. The van der Waals surface area contributed by atoms with E-state index in [1.807, 2.05) is 0 Å². The molecule has 0 unspecified atom stereocenters. The van der Waals surface area contributed by atoms with E-state index in [-0.39, 0.29) is 5.82 Å². The Hall–Kier alpha value is -2.96. The van der Waals surface area contributed by atoms with Gasteiger partial charge in [0.05, 0.1) is 17.5 Å². The molecule has 1 heterocycles. The van der Waals surface area contributed by atoms with Crippen LogP contribution >= 0.6 is 0 Å². The fraction of sp³-hybridized carbons (Fsp3) is 0. The zero-order chi connectivity index (χ0) is 13.8. The van der Waals surface area contributed by atoms with E-state index < -0.39 is 17.5 Å². The van der Waals surface area contributed by atoms with Crippen LogP contribution in [0.3, 0.4) is 0 Å². The van der Waals surface area contributed by atoms with Crippen molar-refractivity contribution in [3.05, 3.63) is 42.4 Å². The van der Waals surface area contributed by atoms with Gasteiger partial charge < -0.3 is 25.1 Å². The maximum Gasteiger partial charge on any atom is 0.141 e. The molecular formula is C12H7N3O4-2. The molecule has 19 heavy (non-hydrogen) atoms. The number of carbonyl (C=O) groups is 2. The molecule has 0 aliphatic rings. The van der Waals surface area contributed by atoms with Gasteiger partial charge in [0.1, 0.15) is 12.1 Å². The summed E-state index contributed by atoms with van der Waals surface area (Å²) in [6.45, 7) is 0. The number of aromatic nitrogens is 2. The van der Waals surface area contributed by atoms with Crippen LogP contribution < -0.4 is 15.5 Å². The second-order valence-electron chi connectivity index (χ2n) is 3.52. The number of fused-ring (bicyclic) bond motifs is 1. The molecular weight excluding hydrogens is 250 g/mol. The predicted molar refractivity (Wildman–Crippen MR) is 61.3 cm³/mol. The molecule has 0 saturated heterocycles. The molecule has 0 bridgehead atoms. The standard InChI is InChI=1S/C12H9N3O4/c16-11(17)8(12(18)19)5-13-10-7-3-1-2-4-9(7)14-6-15-10/h1-6H,(H,16,17)(H,18,19)(H,13,14,15)/p-2. The Morgan fingerprint density at radius 2 is 1.79 bits per heavy atom. The summed E-state index contributed by atoms with van der Waals surface area (Å²) in [7, 11) is 0. The summed E-state index contributed by atoms with van der Waals surface area (Å²) in [5.41, 5.74) is -0.362. The summed E-state index contributed by atoms with van der Waals surface area (Å²) in [6.07, 6.45) is 2.04. The van der Waals surface area contributed by atoms with E-state index in [2.05, 4.69) is 15.3 Å². The molecule has 0 atom stereocenters. The van der Waals surface area contributed by atoms with Crippen LogP contribution in [0, 0.1) is 0 Å². The van der Waals surface area contributed by atoms with Gasteiger partial charge in [-0.25, -0.2) is 9.97 Å². The van der Waals surface area contributed by atoms with Crippen molar-refractivity contribution < 1.29 is 19.8 Å². The maximum absolute atomic E-state index is 10.6. The Morgan fingerprint density at radius 3 is 2.47 bits per heavy atom. The van der Waals surface area contributed by atoms with Gasteiger partial charge in [-0.2, -0.15) is 0 Å². The van der Waals surface area contributed by atoms with E-state index in [4.69, 9.17) is 0 Å². The van der Waals surface area contributed by atoms with E-state index in [0.717, 1.165) is 6.20 Å². The summed E-state index contributed by atoms with van der Waals surface area (Å²) < 4.78 is 0. The van der Waals surface area contributed by atoms with Crippen LogP contribution in [0.25, 0.3) is 10.9 Å². The Morgan fingerprint density at radius 1 is 1.11 bits per heavy atom. The normalized spacial score (nSPS) is 9.89. The number of nitrogens with one attached hydrogen (secondary N) is 1. The molecule has 0 fully saturated rings. The first-order valence-corrected chi connectivity index (χ1v) is 5.18. The third-order valence-electron chi connectivity index (χ3n) is 2.34. The number of benzene rings is 1. The fourth-order valence-corrected chi connectivity index (χ4v) is 1.46. The van der Waals surface area contributed by atoms with E-state index in [9.17, 15) is 19.8 Å². The highest BCUT2D eigenvalue weighted by molar-refractivity contribution is 6.11. The number of nitrogens with zero attached hydrogens (tertiary/aromatic N) is 2. The molecule has 1 aromatic carbocycles. The number of carboxylic acids is 2. The number of hydrogen-bond donors (Lipinski definition) is 1. The van der Waals surface area contributed by atoms with Gasteiger partial charge in [-0.15, -0.1) is 0 Å². The van der Waals surface area contributed by atoms with Gasteiger partial charge in [0.25, 0.3) is 0 Å². The van der Waals surface area contributed by atoms with Crippen LogP contribution in [0.4, 0.5) is 5.82 Å². The van der Waals surface area contributed by atoms with Crippen LogP contribution in [-0.4, -0.2) is 21.9 Å². The SMILES string of the molecule is O=C([O-])C(=CNc1ncnc2ccccc12)C(=O)[O-]. The van der Waals surface area contributed by atoms with Crippen LogP contribution in [-0.2, 0) is 9.59 Å². The molecule has 0 amide bonds. The third kappa shape index (κ3) is 2.65. The lowest BCUT2D eigenvalue weighted by Crippen LogP contribution is -2.36. The maximum atomic E-state index is 10.6. The highest BCUT2D eigenvalue weighted by Crippen LogP contribution is 2.18. The van der Waals surface area contributed by atoms with E-state index in [1.165, 1.54) is 6.33 Å². The molecule has 96 valence electrons. The predicted octanol–water partition coefficient (Wildman–Crippen LogP) is -1.57. The zero-order valence-electron chi connectivity index (χ0n) is 9.49. The van der Waals surface area contributed by atoms with E-state index >= 15 is 0 Å². The van der Waals surface area contributed by atoms with Gasteiger partial charge in [-0.05, 0) is 12.1 Å². The van der Waals surface area contributed by atoms with Crippen molar-refractivity contribution in [1.82, 2.24) is 9.97 Å². The number of anilines is 1. The van der Waals surface area contributed by atoms with Crippen molar-refractivity contribution in [1.29, 1.82) is 0 Å². The average molecular weight is 257 g/mol. The molecule has 7 nitrogen and oxygen atoms in total.